The topological polar surface area (TPSA) is 88.3 Å². The van der Waals surface area contributed by atoms with Crippen molar-refractivity contribution in [1.82, 2.24) is 29.3 Å². The van der Waals surface area contributed by atoms with Gasteiger partial charge in [-0.2, -0.15) is 5.10 Å². The summed E-state index contributed by atoms with van der Waals surface area (Å²) in [6, 6.07) is 1.86. The molecule has 0 aromatic carbocycles. The number of fused-ring (bicyclic) bond motifs is 1. The summed E-state index contributed by atoms with van der Waals surface area (Å²) in [5, 5.41) is 8.17. The van der Waals surface area contributed by atoms with Crippen molar-refractivity contribution >= 4 is 45.9 Å². The zero-order chi connectivity index (χ0) is 26.5. The van der Waals surface area contributed by atoms with Crippen molar-refractivity contribution in [1.29, 1.82) is 0 Å². The zero-order valence-electron chi connectivity index (χ0n) is 22.3. The number of anilines is 1. The average Bonchev–Trinajstić information content (AvgIpc) is 3.51. The Bertz CT molecular complexity index is 1340. The van der Waals surface area contributed by atoms with Crippen LogP contribution in [-0.2, 0) is 11.0 Å². The van der Waals surface area contributed by atoms with Gasteiger partial charge in [-0.3, -0.25) is 4.40 Å². The molecule has 1 unspecified atom stereocenters. The fourth-order valence-electron chi connectivity index (χ4n) is 6.86. The molecule has 1 spiro atoms. The van der Waals surface area contributed by atoms with Gasteiger partial charge in [0.05, 0.1) is 31.7 Å². The summed E-state index contributed by atoms with van der Waals surface area (Å²) in [5.74, 6) is 1.53. The van der Waals surface area contributed by atoms with Crippen LogP contribution in [0.3, 0.4) is 0 Å². The van der Waals surface area contributed by atoms with Gasteiger partial charge in [-0.15, -0.1) is 5.10 Å². The molecule has 4 heterocycles. The van der Waals surface area contributed by atoms with E-state index in [-0.39, 0.29) is 10.3 Å². The predicted octanol–water partition coefficient (Wildman–Crippen LogP) is 5.69. The maximum absolute atomic E-state index is 13.2. The summed E-state index contributed by atoms with van der Waals surface area (Å²) in [7, 11) is -1.04. The van der Waals surface area contributed by atoms with E-state index in [2.05, 4.69) is 50.0 Å². The van der Waals surface area contributed by atoms with E-state index in [1.165, 1.54) is 37.4 Å². The molecule has 38 heavy (non-hydrogen) atoms. The number of aromatic nitrogens is 5. The van der Waals surface area contributed by atoms with Crippen LogP contribution in [0.2, 0.25) is 5.15 Å². The van der Waals surface area contributed by atoms with Crippen LogP contribution in [-0.4, -0.2) is 52.2 Å². The van der Waals surface area contributed by atoms with Crippen LogP contribution in [0, 0.1) is 11.3 Å². The first kappa shape index (κ1) is 26.5. The minimum absolute atomic E-state index is 0.0363. The number of piperidine rings is 1. The predicted molar refractivity (Wildman–Crippen MR) is 153 cm³/mol. The first-order valence-corrected chi connectivity index (χ1v) is 16.0. The number of imidazole rings is 1. The summed E-state index contributed by atoms with van der Waals surface area (Å²) in [6.45, 7) is 8.16. The lowest BCUT2D eigenvalue weighted by Crippen LogP contribution is -2.62. The minimum atomic E-state index is -1.04. The lowest BCUT2D eigenvalue weighted by Gasteiger charge is -2.55. The Kier molecular flexibility index (Phi) is 6.98. The third kappa shape index (κ3) is 4.65. The number of hydrogen-bond donors (Lipinski definition) is 1. The molecule has 2 aliphatic carbocycles. The molecule has 3 aliphatic rings. The maximum atomic E-state index is 13.2. The summed E-state index contributed by atoms with van der Waals surface area (Å²) >= 11 is 7.75. The molecule has 0 bridgehead atoms. The number of nitrogens with zero attached hydrogens (tertiary/aromatic N) is 6. The van der Waals surface area contributed by atoms with Crippen LogP contribution >= 0.6 is 23.4 Å². The Morgan fingerprint density at radius 1 is 1.08 bits per heavy atom. The van der Waals surface area contributed by atoms with E-state index in [1.54, 1.807) is 6.20 Å². The normalized spacial score (nSPS) is 23.6. The van der Waals surface area contributed by atoms with E-state index in [9.17, 15) is 4.21 Å². The van der Waals surface area contributed by atoms with Crippen molar-refractivity contribution in [3.05, 3.63) is 36.0 Å². The second-order valence-corrected chi connectivity index (χ2v) is 15.5. The quantitative estimate of drug-likeness (QED) is 0.405. The largest absolute Gasteiger partial charge is 0.342 e. The fraction of sp³-hybridized carbons (Fsp3) is 0.630. The van der Waals surface area contributed by atoms with E-state index in [0.29, 0.717) is 16.5 Å². The molecule has 1 N–H and O–H groups in total. The van der Waals surface area contributed by atoms with Crippen LogP contribution < -0.4 is 9.62 Å². The lowest BCUT2D eigenvalue weighted by atomic mass is 9.57. The van der Waals surface area contributed by atoms with Crippen LogP contribution in [0.1, 0.15) is 72.1 Å². The highest BCUT2D eigenvalue weighted by molar-refractivity contribution is 7.99. The van der Waals surface area contributed by atoms with Crippen molar-refractivity contribution in [2.24, 2.45) is 11.3 Å². The molecule has 0 amide bonds. The molecular formula is C27H36ClN7OS2. The minimum Gasteiger partial charge on any atom is -0.342 e. The Labute approximate surface area is 236 Å². The third-order valence-electron chi connectivity index (χ3n) is 8.95. The zero-order valence-corrected chi connectivity index (χ0v) is 24.7. The van der Waals surface area contributed by atoms with E-state index in [0.717, 1.165) is 60.2 Å². The highest BCUT2D eigenvalue weighted by Crippen LogP contribution is 2.59. The molecule has 0 radical (unpaired) electrons. The standard InChI is InChI=1S/C27H36ClN7OS2/c1-25(2,3)38(36)33-27(9-5-10-27)21-6-4-8-26(21)11-15-34(16-12-26)24-30-18-20(23-29-14-17-35(23)24)37-19-7-13-31-32-22(19)28/h7,13-14,17-18,21,33H,4-6,8-12,15-16H2,1-3H3/t21-,38?/m1/s1. The smallest absolute Gasteiger partial charge is 0.211 e. The summed E-state index contributed by atoms with van der Waals surface area (Å²) < 4.78 is 18.7. The highest BCUT2D eigenvalue weighted by atomic mass is 35.5. The van der Waals surface area contributed by atoms with Gasteiger partial charge >= 0.3 is 0 Å². The number of rotatable bonds is 6. The van der Waals surface area contributed by atoms with Crippen molar-refractivity contribution in [2.45, 2.75) is 92.2 Å². The molecule has 2 saturated carbocycles. The molecule has 3 aromatic rings. The van der Waals surface area contributed by atoms with Gasteiger partial charge in [0.2, 0.25) is 5.95 Å². The summed E-state index contributed by atoms with van der Waals surface area (Å²) in [4.78, 5) is 13.7. The third-order valence-corrected chi connectivity index (χ3v) is 12.1. The first-order chi connectivity index (χ1) is 18.2. The van der Waals surface area contributed by atoms with Crippen LogP contribution in [0.25, 0.3) is 5.65 Å². The Hall–Kier alpha value is -1.75. The van der Waals surface area contributed by atoms with Gasteiger partial charge in [-0.25, -0.2) is 18.9 Å². The van der Waals surface area contributed by atoms with Gasteiger partial charge in [-0.05, 0) is 83.1 Å². The second kappa shape index (κ2) is 10.0. The van der Waals surface area contributed by atoms with Gasteiger partial charge in [-0.1, -0.05) is 29.8 Å². The van der Waals surface area contributed by atoms with Crippen LogP contribution in [0.4, 0.5) is 5.95 Å². The molecular weight excluding hydrogens is 538 g/mol. The van der Waals surface area contributed by atoms with Gasteiger partial charge in [0, 0.05) is 37.2 Å². The molecule has 2 atom stereocenters. The monoisotopic (exact) mass is 573 g/mol. The van der Waals surface area contributed by atoms with E-state index in [4.69, 9.17) is 16.6 Å². The molecule has 3 aromatic heterocycles. The van der Waals surface area contributed by atoms with Gasteiger partial charge < -0.3 is 4.90 Å². The summed E-state index contributed by atoms with van der Waals surface area (Å²) in [6.07, 6.45) is 17.0. The van der Waals surface area contributed by atoms with Crippen molar-refractivity contribution in [3.8, 4) is 0 Å². The van der Waals surface area contributed by atoms with E-state index < -0.39 is 11.0 Å². The SMILES string of the molecule is CC(C)(C)S(=O)NC1([C@@H]2CCCC23CCN(c2ncc(Sc4ccnnc4Cl)c4nccn24)CC3)CCC1. The molecule has 1 aliphatic heterocycles. The molecule has 204 valence electrons. The van der Waals surface area contributed by atoms with Gasteiger partial charge in [0.25, 0.3) is 0 Å². The van der Waals surface area contributed by atoms with Crippen molar-refractivity contribution < 1.29 is 4.21 Å². The highest BCUT2D eigenvalue weighted by Gasteiger charge is 2.57. The lowest BCUT2D eigenvalue weighted by molar-refractivity contribution is 0.0251. The Balaban J connectivity index is 1.21. The van der Waals surface area contributed by atoms with Crippen LogP contribution in [0.15, 0.2) is 40.6 Å². The molecule has 8 nitrogen and oxygen atoms in total. The fourth-order valence-corrected chi connectivity index (χ4v) is 8.94. The maximum Gasteiger partial charge on any atom is 0.211 e. The van der Waals surface area contributed by atoms with Gasteiger partial charge in [0.15, 0.2) is 10.8 Å². The van der Waals surface area contributed by atoms with E-state index >= 15 is 0 Å². The molecule has 3 fully saturated rings. The first-order valence-electron chi connectivity index (χ1n) is 13.6. The van der Waals surface area contributed by atoms with Crippen LogP contribution in [0.5, 0.6) is 0 Å². The van der Waals surface area contributed by atoms with E-state index in [1.807, 2.05) is 24.7 Å². The van der Waals surface area contributed by atoms with Crippen molar-refractivity contribution in [2.75, 3.05) is 18.0 Å². The average molecular weight is 574 g/mol. The van der Waals surface area contributed by atoms with Crippen molar-refractivity contribution in [3.63, 3.8) is 0 Å². The number of hydrogen-bond acceptors (Lipinski definition) is 7. The molecule has 11 heteroatoms. The second-order valence-electron chi connectivity index (χ2n) is 12.1. The number of halogens is 1. The molecule has 1 saturated heterocycles. The summed E-state index contributed by atoms with van der Waals surface area (Å²) in [5.41, 5.74) is 1.23. The van der Waals surface area contributed by atoms with Gasteiger partial charge in [0.1, 0.15) is 0 Å². The number of nitrogens with one attached hydrogen (secondary N) is 1. The Morgan fingerprint density at radius 2 is 1.87 bits per heavy atom. The molecule has 6 rings (SSSR count). The Morgan fingerprint density at radius 3 is 2.55 bits per heavy atom.